The van der Waals surface area contributed by atoms with E-state index in [1.54, 1.807) is 0 Å². The van der Waals surface area contributed by atoms with Gasteiger partial charge in [-0.2, -0.15) is 0 Å². The molecule has 62 heavy (non-hydrogen) atoms. The van der Waals surface area contributed by atoms with Crippen LogP contribution in [0.2, 0.25) is 0 Å². The fourth-order valence-electron chi connectivity index (χ4n) is 7.00. The van der Waals surface area contributed by atoms with Crippen LogP contribution in [0.25, 0.3) is 0 Å². The Hall–Kier alpha value is -3.18. The Balaban J connectivity index is 3.58. The molecular weight excluding hydrogens is 765 g/mol. The van der Waals surface area contributed by atoms with Gasteiger partial charge in [0.2, 0.25) is 0 Å². The molecule has 1 unspecified atom stereocenters. The highest BCUT2D eigenvalue weighted by Crippen LogP contribution is 2.14. The van der Waals surface area contributed by atoms with Crippen molar-refractivity contribution in [1.82, 2.24) is 0 Å². The summed E-state index contributed by atoms with van der Waals surface area (Å²) in [6.45, 7) is 4.01. The van der Waals surface area contributed by atoms with Gasteiger partial charge in [0.1, 0.15) is 6.61 Å². The fraction of sp³-hybridized carbons (Fsp3) is 0.684. The molecule has 0 saturated heterocycles. The normalized spacial score (nSPS) is 13.0. The summed E-state index contributed by atoms with van der Waals surface area (Å²) in [7, 11) is 0. The van der Waals surface area contributed by atoms with Crippen LogP contribution in [0.3, 0.4) is 0 Å². The summed E-state index contributed by atoms with van der Waals surface area (Å²) in [6, 6.07) is 0. The molecule has 0 aliphatic rings. The maximum absolute atomic E-state index is 12.3. The standard InChI is InChI=1S/C57H96O5/c1-3-5-7-9-11-13-15-17-19-21-23-25-27-28-30-32-34-36-38-40-42-44-46-48-50-52-57(60)62-55(53-58)54-61-56(59)51-49-47-45-43-41-39-37-35-33-31-29-26-24-22-20-18-16-14-12-10-8-6-4-2/h5,7,11,13,16-19,22-25,28,30,34,36,55,58H,3-4,6,8-10,12,14-15,20-21,26-27,29,31-33,35,37-54H2,1-2H3/b7-5-,13-11-,18-16-,19-17-,24-22-,25-23-,30-28-,36-34-. The first kappa shape index (κ1) is 58.8. The Morgan fingerprint density at radius 2 is 0.694 bits per heavy atom. The highest BCUT2D eigenvalue weighted by Gasteiger charge is 2.16. The van der Waals surface area contributed by atoms with Gasteiger partial charge in [-0.1, -0.05) is 220 Å². The summed E-state index contributed by atoms with van der Waals surface area (Å²) < 4.78 is 10.7. The molecule has 1 atom stereocenters. The lowest BCUT2D eigenvalue weighted by molar-refractivity contribution is -0.161. The van der Waals surface area contributed by atoms with Crippen molar-refractivity contribution in [1.29, 1.82) is 0 Å². The Bertz CT molecular complexity index is 1200. The molecule has 0 radical (unpaired) electrons. The number of aliphatic hydroxyl groups is 1. The molecule has 1 N–H and O–H groups in total. The molecule has 0 rings (SSSR count). The minimum absolute atomic E-state index is 0.0779. The molecule has 0 aromatic carbocycles. The van der Waals surface area contributed by atoms with E-state index in [1.165, 1.54) is 116 Å². The van der Waals surface area contributed by atoms with Crippen molar-refractivity contribution in [2.45, 2.75) is 238 Å². The number of unbranched alkanes of at least 4 members (excludes halogenated alkanes) is 22. The first-order chi connectivity index (χ1) is 30.6. The van der Waals surface area contributed by atoms with E-state index in [-0.39, 0.29) is 25.2 Å². The van der Waals surface area contributed by atoms with E-state index in [1.807, 2.05) is 0 Å². The number of aliphatic hydroxyl groups excluding tert-OH is 1. The Labute approximate surface area is 383 Å². The van der Waals surface area contributed by atoms with Crippen LogP contribution in [0, 0.1) is 0 Å². The molecule has 0 amide bonds. The molecule has 0 saturated carbocycles. The van der Waals surface area contributed by atoms with Crippen molar-refractivity contribution in [3.63, 3.8) is 0 Å². The van der Waals surface area contributed by atoms with Crippen molar-refractivity contribution < 1.29 is 24.2 Å². The van der Waals surface area contributed by atoms with Gasteiger partial charge in [0.05, 0.1) is 6.61 Å². The van der Waals surface area contributed by atoms with Gasteiger partial charge in [-0.25, -0.2) is 0 Å². The van der Waals surface area contributed by atoms with Gasteiger partial charge < -0.3 is 14.6 Å². The lowest BCUT2D eigenvalue weighted by atomic mass is 10.0. The van der Waals surface area contributed by atoms with Crippen LogP contribution in [0.4, 0.5) is 0 Å². The SMILES string of the molecule is CC/C=C\C/C=C\C/C=C\C/C=C\C/C=C\C/C=C\CCCCCCCCC(=O)OC(CO)COC(=O)CCCCCCCCCCCCC/C=C\C/C=C\CCCCCCC. The van der Waals surface area contributed by atoms with Crippen LogP contribution >= 0.6 is 0 Å². The van der Waals surface area contributed by atoms with Gasteiger partial charge >= 0.3 is 11.9 Å². The van der Waals surface area contributed by atoms with Gasteiger partial charge in [0.25, 0.3) is 0 Å². The molecule has 5 heteroatoms. The van der Waals surface area contributed by atoms with Crippen LogP contribution in [0.5, 0.6) is 0 Å². The zero-order chi connectivity index (χ0) is 44.9. The third-order valence-electron chi connectivity index (χ3n) is 10.9. The molecule has 0 heterocycles. The van der Waals surface area contributed by atoms with Crippen molar-refractivity contribution in [3.8, 4) is 0 Å². The van der Waals surface area contributed by atoms with E-state index in [9.17, 15) is 14.7 Å². The molecule has 0 aromatic heterocycles. The predicted octanol–water partition coefficient (Wildman–Crippen LogP) is 17.2. The Kier molecular flexibility index (Phi) is 49.5. The van der Waals surface area contributed by atoms with Gasteiger partial charge in [0, 0.05) is 12.8 Å². The Morgan fingerprint density at radius 1 is 0.387 bits per heavy atom. The third kappa shape index (κ3) is 49.5. The largest absolute Gasteiger partial charge is 0.462 e. The lowest BCUT2D eigenvalue weighted by Gasteiger charge is -2.15. The van der Waals surface area contributed by atoms with Crippen LogP contribution in [0.1, 0.15) is 232 Å². The van der Waals surface area contributed by atoms with Crippen LogP contribution in [-0.2, 0) is 19.1 Å². The first-order valence-electron chi connectivity index (χ1n) is 25.8. The number of carbonyl (C=O) groups excluding carboxylic acids is 2. The van der Waals surface area contributed by atoms with E-state index in [0.717, 1.165) is 89.9 Å². The highest BCUT2D eigenvalue weighted by molar-refractivity contribution is 5.70. The fourth-order valence-corrected chi connectivity index (χ4v) is 7.00. The van der Waals surface area contributed by atoms with Crippen LogP contribution in [0.15, 0.2) is 97.2 Å². The summed E-state index contributed by atoms with van der Waals surface area (Å²) in [4.78, 5) is 24.5. The molecule has 5 nitrogen and oxygen atoms in total. The monoisotopic (exact) mass is 861 g/mol. The second-order valence-corrected chi connectivity index (χ2v) is 16.9. The highest BCUT2D eigenvalue weighted by atomic mass is 16.6. The minimum atomic E-state index is -0.788. The average molecular weight is 861 g/mol. The lowest BCUT2D eigenvalue weighted by Crippen LogP contribution is -2.28. The maximum Gasteiger partial charge on any atom is 0.306 e. The zero-order valence-electron chi connectivity index (χ0n) is 40.4. The molecule has 354 valence electrons. The first-order valence-corrected chi connectivity index (χ1v) is 25.8. The third-order valence-corrected chi connectivity index (χ3v) is 10.9. The van der Waals surface area contributed by atoms with E-state index in [2.05, 4.69) is 111 Å². The number of hydrogen-bond donors (Lipinski definition) is 1. The quantitative estimate of drug-likeness (QED) is 0.0375. The summed E-state index contributed by atoms with van der Waals surface area (Å²) >= 11 is 0. The number of ether oxygens (including phenoxy) is 2. The van der Waals surface area contributed by atoms with Gasteiger partial charge in [-0.05, 0) is 96.3 Å². The Morgan fingerprint density at radius 3 is 1.05 bits per heavy atom. The average Bonchev–Trinajstić information content (AvgIpc) is 3.28. The molecule has 0 fully saturated rings. The van der Waals surface area contributed by atoms with Crippen molar-refractivity contribution in [3.05, 3.63) is 97.2 Å². The molecule has 0 aliphatic carbocycles. The van der Waals surface area contributed by atoms with E-state index < -0.39 is 6.10 Å². The number of rotatable bonds is 46. The minimum Gasteiger partial charge on any atom is -0.462 e. The zero-order valence-corrected chi connectivity index (χ0v) is 40.4. The van der Waals surface area contributed by atoms with E-state index in [4.69, 9.17) is 9.47 Å². The van der Waals surface area contributed by atoms with Gasteiger partial charge in [-0.3, -0.25) is 9.59 Å². The second kappa shape index (κ2) is 52.2. The van der Waals surface area contributed by atoms with Gasteiger partial charge in [0.15, 0.2) is 6.10 Å². The summed E-state index contributed by atoms with van der Waals surface area (Å²) in [5, 5.41) is 9.63. The molecular formula is C57H96O5. The molecule has 0 spiro atoms. The molecule has 0 bridgehead atoms. The predicted molar refractivity (Wildman–Crippen MR) is 269 cm³/mol. The maximum atomic E-state index is 12.3. The van der Waals surface area contributed by atoms with Crippen molar-refractivity contribution >= 4 is 11.9 Å². The number of carbonyl (C=O) groups is 2. The number of esters is 2. The summed E-state index contributed by atoms with van der Waals surface area (Å²) in [5.41, 5.74) is 0. The summed E-state index contributed by atoms with van der Waals surface area (Å²) in [5.74, 6) is -0.612. The van der Waals surface area contributed by atoms with Crippen molar-refractivity contribution in [2.75, 3.05) is 13.2 Å². The number of allylic oxidation sites excluding steroid dienone is 16. The van der Waals surface area contributed by atoms with Gasteiger partial charge in [-0.15, -0.1) is 0 Å². The smallest absolute Gasteiger partial charge is 0.306 e. The molecule has 0 aliphatic heterocycles. The number of hydrogen-bond acceptors (Lipinski definition) is 5. The van der Waals surface area contributed by atoms with Crippen molar-refractivity contribution in [2.24, 2.45) is 0 Å². The second-order valence-electron chi connectivity index (χ2n) is 16.9. The summed E-state index contributed by atoms with van der Waals surface area (Å²) in [6.07, 6.45) is 73.5. The van der Waals surface area contributed by atoms with E-state index in [0.29, 0.717) is 12.8 Å². The van der Waals surface area contributed by atoms with E-state index >= 15 is 0 Å². The van der Waals surface area contributed by atoms with Crippen LogP contribution in [-0.4, -0.2) is 36.4 Å². The molecule has 0 aromatic rings. The topological polar surface area (TPSA) is 72.8 Å². The van der Waals surface area contributed by atoms with Crippen LogP contribution < -0.4 is 0 Å².